The topological polar surface area (TPSA) is 89.4 Å². The van der Waals surface area contributed by atoms with Gasteiger partial charge in [0, 0.05) is 32.7 Å². The Morgan fingerprint density at radius 3 is 1.17 bits per heavy atom. The van der Waals surface area contributed by atoms with Gasteiger partial charge in [0.25, 0.3) is 0 Å². The van der Waals surface area contributed by atoms with Gasteiger partial charge in [-0.1, -0.05) is 0 Å². The van der Waals surface area contributed by atoms with Crippen molar-refractivity contribution in [1.82, 2.24) is 0 Å². The molecule has 4 nitrogen and oxygen atoms in total. The summed E-state index contributed by atoms with van der Waals surface area (Å²) in [6.45, 7) is 0. The van der Waals surface area contributed by atoms with Crippen molar-refractivity contribution in [2.45, 2.75) is 0 Å². The first kappa shape index (κ1) is 10.3. The number of hydrogen-bond acceptors (Lipinski definition) is 4. The van der Waals surface area contributed by atoms with Crippen LogP contribution in [0.15, 0.2) is 0 Å². The predicted molar refractivity (Wildman–Crippen MR) is 2.22 cm³/mol. The summed E-state index contributed by atoms with van der Waals surface area (Å²) in [4.78, 5) is 0. The van der Waals surface area contributed by atoms with Crippen molar-refractivity contribution in [2.24, 2.45) is 0 Å². The number of hydrogen-bond donors (Lipinski definition) is 1. The van der Waals surface area contributed by atoms with Crippen molar-refractivity contribution in [3.05, 3.63) is 0 Å². The van der Waals surface area contributed by atoms with E-state index in [0.717, 1.165) is 0 Å². The van der Waals surface area contributed by atoms with Crippen LogP contribution in [0.4, 0.5) is 0 Å². The Morgan fingerprint density at radius 2 is 1.17 bits per heavy atom. The summed E-state index contributed by atoms with van der Waals surface area (Å²) >= 11 is 0. The quantitative estimate of drug-likeness (QED) is 0.419. The normalized spacial score (nSPS) is 10.0. The van der Waals surface area contributed by atoms with E-state index in [1.165, 1.54) is 0 Å². The Hall–Kier alpha value is 1.23. The molecule has 0 unspecified atom stereocenters. The molecule has 0 saturated heterocycles. The third kappa shape index (κ3) is 61.6. The molecule has 0 aliphatic heterocycles. The molecule has 0 aliphatic rings. The molecule has 6 heavy (non-hydrogen) atoms. The fourth-order valence-electron chi connectivity index (χ4n) is 0. The summed E-state index contributed by atoms with van der Waals surface area (Å²) in [6, 6.07) is 0. The van der Waals surface area contributed by atoms with Gasteiger partial charge < -0.3 is 0 Å². The summed E-state index contributed by atoms with van der Waals surface area (Å²) in [7, 11) is -4.69. The van der Waals surface area contributed by atoms with E-state index in [9.17, 15) is 0 Å². The molecule has 0 spiro atoms. The summed E-state index contributed by atoms with van der Waals surface area (Å²) in [5.41, 5.74) is 0. The van der Waals surface area contributed by atoms with Crippen LogP contribution in [0, 0.1) is 10.2 Å². The van der Waals surface area contributed by atoms with Gasteiger partial charge in [0.15, 0.2) is 0 Å². The first-order chi connectivity index (χ1) is 2.00. The first-order valence-electron chi connectivity index (χ1n) is 0.632. The smallest absolute Gasteiger partial charge is 0.0777 e. The Kier molecular flexibility index (Phi) is 5.58. The number of halogens is 1. The largest absolute Gasteiger partial charge is 0.183 e. The number of rotatable bonds is 0. The zero-order chi connectivity index (χ0) is 4.50. The van der Waals surface area contributed by atoms with Crippen molar-refractivity contribution in [3.8, 4) is 0 Å². The van der Waals surface area contributed by atoms with Crippen LogP contribution in [0.3, 0.4) is 0 Å². The maximum Gasteiger partial charge on any atom is 0.0777 e. The van der Waals surface area contributed by atoms with E-state index >= 15 is 0 Å². The third-order valence-corrected chi connectivity index (χ3v) is 0. The molecule has 0 bridgehead atoms. The molecule has 6 heteroatoms. The van der Waals surface area contributed by atoms with E-state index in [4.69, 9.17) is 18.6 Å². The molecular formula is HClO4Y. The molecule has 0 amide bonds. The van der Waals surface area contributed by atoms with Crippen molar-refractivity contribution in [2.75, 3.05) is 0 Å². The van der Waals surface area contributed by atoms with Crippen molar-refractivity contribution in [3.63, 3.8) is 0 Å². The summed E-state index contributed by atoms with van der Waals surface area (Å²) in [5, 5.41) is 0. The predicted octanol–water partition coefficient (Wildman–Crippen LogP) is -4.13. The first-order valence-corrected chi connectivity index (χ1v) is 1.90. The van der Waals surface area contributed by atoms with Crippen LogP contribution in [0.1, 0.15) is 0 Å². The Bertz CT molecular complexity index is 23.0. The van der Waals surface area contributed by atoms with Crippen LogP contribution in [-0.4, -0.2) is 4.66 Å². The Balaban J connectivity index is 0. The van der Waals surface area contributed by atoms with E-state index < -0.39 is 10.2 Å². The fourth-order valence-corrected chi connectivity index (χ4v) is 0. The maximum absolute atomic E-state index is 8.60. The second-order valence-electron chi connectivity index (χ2n) is 0.396. The van der Waals surface area contributed by atoms with Gasteiger partial charge in [0.1, 0.15) is 0 Å². The van der Waals surface area contributed by atoms with Gasteiger partial charge in [-0.15, -0.1) is 0 Å². The zero-order valence-corrected chi connectivity index (χ0v) is 6.22. The van der Waals surface area contributed by atoms with E-state index in [-0.39, 0.29) is 32.7 Å². The van der Waals surface area contributed by atoms with E-state index in [1.807, 2.05) is 0 Å². The van der Waals surface area contributed by atoms with E-state index in [2.05, 4.69) is 0 Å². The minimum Gasteiger partial charge on any atom is -0.183 e. The third-order valence-electron chi connectivity index (χ3n) is 0. The summed E-state index contributed by atoms with van der Waals surface area (Å²) in [6.07, 6.45) is 0. The molecule has 0 rings (SSSR count). The van der Waals surface area contributed by atoms with Crippen molar-refractivity contribution >= 4 is 0 Å². The summed E-state index contributed by atoms with van der Waals surface area (Å²) in [5.74, 6) is 0. The van der Waals surface area contributed by atoms with Gasteiger partial charge in [-0.05, 0) is 0 Å². The molecule has 0 fully saturated rings. The Labute approximate surface area is 61.4 Å². The molecule has 0 atom stereocenters. The average Bonchev–Trinajstić information content (AvgIpc) is 0.722. The molecule has 0 aliphatic carbocycles. The van der Waals surface area contributed by atoms with Crippen molar-refractivity contribution in [1.29, 1.82) is 0 Å². The molecule has 0 aromatic rings. The standard InChI is InChI=1S/ClHO4.Y/c2-1(3,4)5;/h(H,2,3,4,5);. The van der Waals surface area contributed by atoms with Crippen LogP contribution >= 0.6 is 0 Å². The molecule has 0 aromatic heterocycles. The monoisotopic (exact) mass is 189 g/mol. The Morgan fingerprint density at radius 1 is 1.17 bits per heavy atom. The van der Waals surface area contributed by atoms with Gasteiger partial charge >= 0.3 is 0 Å². The second-order valence-corrected chi connectivity index (χ2v) is 1.19. The molecule has 1 N–H and O–H groups in total. The summed E-state index contributed by atoms with van der Waals surface area (Å²) < 4.78 is 32.7. The van der Waals surface area contributed by atoms with Gasteiger partial charge in [0.05, 0.1) is 14.9 Å². The van der Waals surface area contributed by atoms with Crippen LogP contribution in [0.5, 0.6) is 0 Å². The molecule has 1 radical (unpaired) electrons. The van der Waals surface area contributed by atoms with Crippen LogP contribution in [0.2, 0.25) is 0 Å². The van der Waals surface area contributed by atoms with Gasteiger partial charge in [0.2, 0.25) is 0 Å². The molecular weight excluding hydrogens is 188 g/mol. The zero-order valence-electron chi connectivity index (χ0n) is 2.63. The average molecular weight is 189 g/mol. The van der Waals surface area contributed by atoms with Gasteiger partial charge in [-0.3, -0.25) is 0 Å². The van der Waals surface area contributed by atoms with Crippen LogP contribution < -0.4 is 14.0 Å². The van der Waals surface area contributed by atoms with Crippen LogP contribution in [0.25, 0.3) is 0 Å². The minimum atomic E-state index is -4.69. The van der Waals surface area contributed by atoms with Crippen molar-refractivity contribution < 1.29 is 61.6 Å². The fraction of sp³-hybridized carbons (Fsp3) is 0. The molecule has 0 heterocycles. The SMILES string of the molecule is [O-][Cl+3]([O-])([O-])O.[Y]. The second kappa shape index (κ2) is 3.26. The van der Waals surface area contributed by atoms with E-state index in [1.54, 1.807) is 0 Å². The minimum absolute atomic E-state index is 0. The van der Waals surface area contributed by atoms with Gasteiger partial charge in [-0.2, -0.15) is 14.0 Å². The van der Waals surface area contributed by atoms with Gasteiger partial charge in [-0.25, -0.2) is 0 Å². The maximum atomic E-state index is 8.60. The molecule has 35 valence electrons. The molecule has 0 aromatic carbocycles. The van der Waals surface area contributed by atoms with Crippen LogP contribution in [-0.2, 0) is 32.7 Å². The van der Waals surface area contributed by atoms with E-state index in [0.29, 0.717) is 0 Å². The molecule has 0 saturated carbocycles.